The van der Waals surface area contributed by atoms with Crippen LogP contribution in [0.1, 0.15) is 22.0 Å². The summed E-state index contributed by atoms with van der Waals surface area (Å²) < 4.78 is 15.9. The molecule has 2 heterocycles. The number of ketones is 1. The number of aryl methyl sites for hydroxylation is 1. The minimum Gasteiger partial charge on any atom is -0.507 e. The van der Waals surface area contributed by atoms with E-state index in [9.17, 15) is 14.7 Å². The number of Topliss-reactive ketones (excluding diaryl/α,β-unsaturated/α-hetero) is 1. The Morgan fingerprint density at radius 2 is 1.74 bits per heavy atom. The number of ether oxygens (including phenoxy) is 3. The SMILES string of the molecule is COc1ccc(Cl)c(/C(O)=C2/C(=O)C(=O)N(c3ccc(OC)c(OC)c3)C2c2sccc2C)c1. The number of hydrogen-bond donors (Lipinski definition) is 1. The number of halogens is 1. The first kappa shape index (κ1) is 23.7. The van der Waals surface area contributed by atoms with Crippen molar-refractivity contribution >= 4 is 46.1 Å². The highest BCUT2D eigenvalue weighted by Gasteiger charge is 2.48. The number of methoxy groups -OCH3 is 3. The Morgan fingerprint density at radius 1 is 1.00 bits per heavy atom. The number of aliphatic hydroxyl groups is 1. The van der Waals surface area contributed by atoms with E-state index in [1.165, 1.54) is 43.6 Å². The molecule has 1 N–H and O–H groups in total. The first-order valence-corrected chi connectivity index (χ1v) is 11.5. The maximum Gasteiger partial charge on any atom is 0.300 e. The van der Waals surface area contributed by atoms with Gasteiger partial charge in [-0.05, 0) is 54.3 Å². The van der Waals surface area contributed by atoms with Gasteiger partial charge in [-0.25, -0.2) is 0 Å². The molecule has 34 heavy (non-hydrogen) atoms. The Bertz CT molecular complexity index is 1310. The molecule has 0 spiro atoms. The van der Waals surface area contributed by atoms with E-state index in [4.69, 9.17) is 25.8 Å². The summed E-state index contributed by atoms with van der Waals surface area (Å²) in [6.07, 6.45) is 0. The molecule has 0 aliphatic carbocycles. The molecule has 1 unspecified atom stereocenters. The fourth-order valence-electron chi connectivity index (χ4n) is 3.94. The maximum atomic E-state index is 13.3. The lowest BCUT2D eigenvalue weighted by Gasteiger charge is -2.25. The molecular weight excluding hydrogens is 478 g/mol. The normalized spacial score (nSPS) is 17.2. The molecule has 1 fully saturated rings. The molecule has 4 rings (SSSR count). The van der Waals surface area contributed by atoms with Gasteiger partial charge < -0.3 is 19.3 Å². The van der Waals surface area contributed by atoms with Gasteiger partial charge in [0.05, 0.1) is 31.9 Å². The number of carbonyl (C=O) groups excluding carboxylic acids is 2. The highest BCUT2D eigenvalue weighted by molar-refractivity contribution is 7.10. The fourth-order valence-corrected chi connectivity index (χ4v) is 5.18. The van der Waals surface area contributed by atoms with Gasteiger partial charge in [0.25, 0.3) is 11.7 Å². The van der Waals surface area contributed by atoms with Crippen molar-refractivity contribution in [3.8, 4) is 17.2 Å². The van der Waals surface area contributed by atoms with E-state index in [0.29, 0.717) is 22.9 Å². The van der Waals surface area contributed by atoms with Crippen molar-refractivity contribution in [2.24, 2.45) is 0 Å². The van der Waals surface area contributed by atoms with Crippen LogP contribution in [0.2, 0.25) is 5.02 Å². The Hall–Kier alpha value is -3.49. The number of amides is 1. The quantitative estimate of drug-likeness (QED) is 0.279. The summed E-state index contributed by atoms with van der Waals surface area (Å²) in [5.41, 5.74) is 1.45. The largest absolute Gasteiger partial charge is 0.507 e. The van der Waals surface area contributed by atoms with E-state index < -0.39 is 17.7 Å². The van der Waals surface area contributed by atoms with Crippen molar-refractivity contribution < 1.29 is 28.9 Å². The zero-order valence-electron chi connectivity index (χ0n) is 18.9. The molecule has 1 aliphatic heterocycles. The van der Waals surface area contributed by atoms with Crippen LogP contribution in [-0.2, 0) is 9.59 Å². The molecule has 1 amide bonds. The van der Waals surface area contributed by atoms with Gasteiger partial charge in [-0.2, -0.15) is 0 Å². The van der Waals surface area contributed by atoms with Gasteiger partial charge in [-0.3, -0.25) is 14.5 Å². The zero-order valence-corrected chi connectivity index (χ0v) is 20.5. The average molecular weight is 500 g/mol. The molecule has 0 bridgehead atoms. The number of thiophene rings is 1. The maximum absolute atomic E-state index is 13.3. The molecule has 176 valence electrons. The smallest absolute Gasteiger partial charge is 0.300 e. The molecule has 1 saturated heterocycles. The monoisotopic (exact) mass is 499 g/mol. The number of hydrogen-bond acceptors (Lipinski definition) is 7. The summed E-state index contributed by atoms with van der Waals surface area (Å²) in [6.45, 7) is 1.89. The summed E-state index contributed by atoms with van der Waals surface area (Å²) in [7, 11) is 4.48. The molecule has 1 aromatic heterocycles. The Labute approximate surface area is 205 Å². The number of anilines is 1. The van der Waals surface area contributed by atoms with Crippen LogP contribution >= 0.6 is 22.9 Å². The molecule has 0 saturated carbocycles. The number of nitrogens with zero attached hydrogens (tertiary/aromatic N) is 1. The second-order valence-electron chi connectivity index (χ2n) is 7.52. The number of rotatable bonds is 6. The number of aliphatic hydroxyl groups excluding tert-OH is 1. The standard InChI is InChI=1S/C25H22ClNO6S/c1-13-9-10-34-24(13)21-20(22(28)16-12-15(31-2)6-7-17(16)26)23(29)25(30)27(21)14-5-8-18(32-3)19(11-14)33-4/h5-12,21,28H,1-4H3/b22-20-. The van der Waals surface area contributed by atoms with Crippen LogP contribution in [0.4, 0.5) is 5.69 Å². The Balaban J connectivity index is 1.97. The molecule has 2 aromatic carbocycles. The van der Waals surface area contributed by atoms with Crippen molar-refractivity contribution in [1.82, 2.24) is 0 Å². The lowest BCUT2D eigenvalue weighted by Crippen LogP contribution is -2.29. The van der Waals surface area contributed by atoms with Crippen LogP contribution in [0.15, 0.2) is 53.4 Å². The van der Waals surface area contributed by atoms with Gasteiger partial charge in [0, 0.05) is 22.2 Å². The van der Waals surface area contributed by atoms with Gasteiger partial charge in [-0.1, -0.05) is 11.6 Å². The van der Waals surface area contributed by atoms with Crippen molar-refractivity contribution in [2.45, 2.75) is 13.0 Å². The van der Waals surface area contributed by atoms with Crippen molar-refractivity contribution in [1.29, 1.82) is 0 Å². The van der Waals surface area contributed by atoms with Gasteiger partial charge in [0.1, 0.15) is 17.6 Å². The van der Waals surface area contributed by atoms with E-state index in [0.717, 1.165) is 10.4 Å². The fraction of sp³-hybridized carbons (Fsp3) is 0.200. The zero-order chi connectivity index (χ0) is 24.6. The van der Waals surface area contributed by atoms with Gasteiger partial charge in [0.2, 0.25) is 0 Å². The average Bonchev–Trinajstić information content (AvgIpc) is 3.38. The van der Waals surface area contributed by atoms with Gasteiger partial charge in [0.15, 0.2) is 11.5 Å². The van der Waals surface area contributed by atoms with Crippen LogP contribution < -0.4 is 19.1 Å². The predicted octanol–water partition coefficient (Wildman–Crippen LogP) is 5.36. The van der Waals surface area contributed by atoms with Crippen LogP contribution in [0, 0.1) is 6.92 Å². The third-order valence-corrected chi connectivity index (χ3v) is 7.07. The van der Waals surface area contributed by atoms with E-state index in [2.05, 4.69) is 0 Å². The first-order chi connectivity index (χ1) is 16.3. The van der Waals surface area contributed by atoms with Gasteiger partial charge in [-0.15, -0.1) is 11.3 Å². The highest BCUT2D eigenvalue weighted by atomic mass is 35.5. The second-order valence-corrected chi connectivity index (χ2v) is 8.88. The third kappa shape index (κ3) is 3.89. The van der Waals surface area contributed by atoms with Gasteiger partial charge >= 0.3 is 0 Å². The molecule has 1 aliphatic rings. The van der Waals surface area contributed by atoms with Crippen molar-refractivity contribution in [2.75, 3.05) is 26.2 Å². The Morgan fingerprint density at radius 3 is 2.35 bits per heavy atom. The van der Waals surface area contributed by atoms with Crippen LogP contribution in [0.25, 0.3) is 5.76 Å². The Kier molecular flexibility index (Phi) is 6.54. The van der Waals surface area contributed by atoms with Crippen molar-refractivity contribution in [3.05, 3.63) is 74.4 Å². The summed E-state index contributed by atoms with van der Waals surface area (Å²) >= 11 is 7.74. The summed E-state index contributed by atoms with van der Waals surface area (Å²) in [6, 6.07) is 10.7. The topological polar surface area (TPSA) is 85.3 Å². The number of carbonyl (C=O) groups is 2. The lowest BCUT2D eigenvalue weighted by molar-refractivity contribution is -0.132. The van der Waals surface area contributed by atoms with E-state index >= 15 is 0 Å². The van der Waals surface area contributed by atoms with E-state index in [-0.39, 0.29) is 21.9 Å². The molecular formula is C25H22ClNO6S. The molecule has 9 heteroatoms. The van der Waals surface area contributed by atoms with Crippen LogP contribution in [0.3, 0.4) is 0 Å². The van der Waals surface area contributed by atoms with E-state index in [1.54, 1.807) is 30.3 Å². The molecule has 0 radical (unpaired) electrons. The molecule has 3 aromatic rings. The minimum absolute atomic E-state index is 0.0551. The predicted molar refractivity (Wildman–Crippen MR) is 131 cm³/mol. The molecule has 1 atom stereocenters. The third-order valence-electron chi connectivity index (χ3n) is 5.67. The summed E-state index contributed by atoms with van der Waals surface area (Å²) in [5.74, 6) is -0.629. The van der Waals surface area contributed by atoms with Crippen LogP contribution in [0.5, 0.6) is 17.2 Å². The van der Waals surface area contributed by atoms with E-state index in [1.807, 2.05) is 18.4 Å². The second kappa shape index (κ2) is 9.40. The number of benzene rings is 2. The van der Waals surface area contributed by atoms with Crippen LogP contribution in [-0.4, -0.2) is 38.1 Å². The highest BCUT2D eigenvalue weighted by Crippen LogP contribution is 2.47. The summed E-state index contributed by atoms with van der Waals surface area (Å²) in [4.78, 5) is 28.8. The lowest BCUT2D eigenvalue weighted by atomic mass is 9.98. The van der Waals surface area contributed by atoms with Crippen molar-refractivity contribution in [3.63, 3.8) is 0 Å². The molecule has 7 nitrogen and oxygen atoms in total. The minimum atomic E-state index is -0.861. The first-order valence-electron chi connectivity index (χ1n) is 10.2. The summed E-state index contributed by atoms with van der Waals surface area (Å²) in [5, 5.41) is 13.4.